The molecule has 1 fully saturated rings. The van der Waals surface area contributed by atoms with Gasteiger partial charge >= 0.3 is 12.1 Å². The Balaban J connectivity index is 1.30. The zero-order chi connectivity index (χ0) is 26.0. The summed E-state index contributed by atoms with van der Waals surface area (Å²) in [6.07, 6.45) is 4.04. The Morgan fingerprint density at radius 3 is 2.35 bits per heavy atom. The van der Waals surface area contributed by atoms with Crippen molar-refractivity contribution < 1.29 is 19.1 Å². The van der Waals surface area contributed by atoms with Crippen molar-refractivity contribution in [3.05, 3.63) is 95.8 Å². The Hall–Kier alpha value is -4.46. The number of carbonyl (C=O) groups excluding carboxylic acids is 2. The summed E-state index contributed by atoms with van der Waals surface area (Å²) in [5, 5.41) is 7.23. The minimum Gasteiger partial charge on any atom is -0.468 e. The summed E-state index contributed by atoms with van der Waals surface area (Å²) in [5.41, 5.74) is 4.60. The first-order valence-electron chi connectivity index (χ1n) is 12.1. The normalized spacial score (nSPS) is 14.5. The van der Waals surface area contributed by atoms with E-state index >= 15 is 0 Å². The van der Waals surface area contributed by atoms with Gasteiger partial charge in [0.25, 0.3) is 0 Å². The van der Waals surface area contributed by atoms with Gasteiger partial charge in [0.05, 0.1) is 36.3 Å². The highest BCUT2D eigenvalue weighted by Gasteiger charge is 2.52. The van der Waals surface area contributed by atoms with E-state index in [2.05, 4.69) is 15.4 Å². The third kappa shape index (κ3) is 4.82. The van der Waals surface area contributed by atoms with E-state index in [-0.39, 0.29) is 5.97 Å². The second kappa shape index (κ2) is 9.89. The quantitative estimate of drug-likeness (QED) is 0.327. The van der Waals surface area contributed by atoms with Gasteiger partial charge < -0.3 is 9.47 Å². The number of aryl methyl sites for hydroxylation is 1. The molecule has 0 spiro atoms. The van der Waals surface area contributed by atoms with Crippen LogP contribution in [0.4, 0.5) is 10.6 Å². The number of pyridine rings is 1. The van der Waals surface area contributed by atoms with Gasteiger partial charge in [0, 0.05) is 11.1 Å². The smallest absolute Gasteiger partial charge is 0.413 e. The van der Waals surface area contributed by atoms with Crippen LogP contribution in [0.5, 0.6) is 0 Å². The first-order valence-corrected chi connectivity index (χ1v) is 12.1. The lowest BCUT2D eigenvalue weighted by molar-refractivity contribution is -0.143. The van der Waals surface area contributed by atoms with E-state index < -0.39 is 17.6 Å². The van der Waals surface area contributed by atoms with Gasteiger partial charge in [-0.3, -0.25) is 15.1 Å². The second-order valence-corrected chi connectivity index (χ2v) is 9.22. The predicted molar refractivity (Wildman–Crippen MR) is 139 cm³/mol. The monoisotopic (exact) mass is 496 g/mol. The maximum absolute atomic E-state index is 12.6. The number of hydrogen-bond acceptors (Lipinski definition) is 6. The molecule has 2 aromatic carbocycles. The molecule has 0 bridgehead atoms. The molecule has 37 heavy (non-hydrogen) atoms. The van der Waals surface area contributed by atoms with Crippen molar-refractivity contribution in [1.29, 1.82) is 0 Å². The van der Waals surface area contributed by atoms with Crippen LogP contribution < -0.4 is 5.32 Å². The van der Waals surface area contributed by atoms with Gasteiger partial charge in [-0.05, 0) is 49.9 Å². The molecule has 1 amide bonds. The molecule has 5 rings (SSSR count). The molecule has 0 unspecified atom stereocenters. The lowest BCUT2D eigenvalue weighted by atomic mass is 9.94. The van der Waals surface area contributed by atoms with Crippen LogP contribution in [0.25, 0.3) is 16.9 Å². The molecule has 2 aromatic heterocycles. The summed E-state index contributed by atoms with van der Waals surface area (Å²) in [7, 11) is 1.43. The van der Waals surface area contributed by atoms with Crippen molar-refractivity contribution in [3.8, 4) is 16.9 Å². The molecule has 4 aromatic rings. The largest absolute Gasteiger partial charge is 0.468 e. The number of hydrogen-bond donors (Lipinski definition) is 1. The van der Waals surface area contributed by atoms with E-state index in [4.69, 9.17) is 9.47 Å². The van der Waals surface area contributed by atoms with Crippen LogP contribution in [-0.4, -0.2) is 33.9 Å². The van der Waals surface area contributed by atoms with E-state index in [1.54, 1.807) is 17.1 Å². The molecule has 1 aliphatic rings. The van der Waals surface area contributed by atoms with Gasteiger partial charge in [0.2, 0.25) is 0 Å². The Bertz CT molecular complexity index is 1410. The van der Waals surface area contributed by atoms with Crippen LogP contribution in [0.2, 0.25) is 0 Å². The first-order chi connectivity index (χ1) is 17.9. The molecule has 8 heteroatoms. The van der Waals surface area contributed by atoms with Crippen LogP contribution in [0, 0.1) is 6.92 Å². The average molecular weight is 497 g/mol. The number of aromatic nitrogens is 3. The van der Waals surface area contributed by atoms with Crippen molar-refractivity contribution in [3.63, 3.8) is 0 Å². The molecule has 1 N–H and O–H groups in total. The predicted octanol–water partition coefficient (Wildman–Crippen LogP) is 5.76. The zero-order valence-corrected chi connectivity index (χ0v) is 21.0. The standard InChI is InChI=1S/C29H28N4O4/c1-19-17-31-33(26(19)32-28(35)37-20(2)21-7-5-4-6-8-21)24-13-14-25(30-18-24)22-9-11-23(12-10-22)29(15-16-29)27(34)36-3/h4-14,17-18,20H,15-16H2,1-3H3,(H,32,35)/t20-/m1/s1. The number of methoxy groups -OCH3 is 1. The lowest BCUT2D eigenvalue weighted by Gasteiger charge is -2.15. The molecule has 0 aliphatic heterocycles. The average Bonchev–Trinajstić information content (AvgIpc) is 3.67. The number of nitrogens with one attached hydrogen (secondary N) is 1. The molecule has 8 nitrogen and oxygen atoms in total. The molecule has 1 aliphatic carbocycles. The van der Waals surface area contributed by atoms with E-state index in [1.807, 2.05) is 80.6 Å². The van der Waals surface area contributed by atoms with E-state index in [0.29, 0.717) is 11.5 Å². The van der Waals surface area contributed by atoms with Crippen LogP contribution >= 0.6 is 0 Å². The highest BCUT2D eigenvalue weighted by molar-refractivity contribution is 5.87. The van der Waals surface area contributed by atoms with Gasteiger partial charge in [-0.1, -0.05) is 54.6 Å². The number of amides is 1. The molecule has 188 valence electrons. The lowest BCUT2D eigenvalue weighted by Crippen LogP contribution is -2.21. The summed E-state index contributed by atoms with van der Waals surface area (Å²) in [5.74, 6) is 0.335. The minimum absolute atomic E-state index is 0.180. The molecular weight excluding hydrogens is 468 g/mol. The van der Waals surface area contributed by atoms with Crippen LogP contribution in [0.3, 0.4) is 0 Å². The summed E-state index contributed by atoms with van der Waals surface area (Å²) >= 11 is 0. The van der Waals surface area contributed by atoms with Crippen LogP contribution in [0.1, 0.15) is 42.6 Å². The van der Waals surface area contributed by atoms with Crippen molar-refractivity contribution in [1.82, 2.24) is 14.8 Å². The number of benzene rings is 2. The Morgan fingerprint density at radius 2 is 1.73 bits per heavy atom. The molecule has 2 heterocycles. The molecular formula is C29H28N4O4. The van der Waals surface area contributed by atoms with E-state index in [9.17, 15) is 9.59 Å². The number of nitrogens with zero attached hydrogens (tertiary/aromatic N) is 3. The van der Waals surface area contributed by atoms with E-state index in [0.717, 1.165) is 40.8 Å². The molecule has 1 atom stereocenters. The second-order valence-electron chi connectivity index (χ2n) is 9.22. The molecule has 1 saturated carbocycles. The third-order valence-corrected chi connectivity index (χ3v) is 6.78. The van der Waals surface area contributed by atoms with Crippen LogP contribution in [0.15, 0.2) is 79.1 Å². The van der Waals surface area contributed by atoms with E-state index in [1.165, 1.54) is 7.11 Å². The topological polar surface area (TPSA) is 95.3 Å². The van der Waals surface area contributed by atoms with Gasteiger partial charge in [-0.15, -0.1) is 0 Å². The molecule has 0 radical (unpaired) electrons. The van der Waals surface area contributed by atoms with Gasteiger partial charge in [0.15, 0.2) is 0 Å². The highest BCUT2D eigenvalue weighted by Crippen LogP contribution is 2.49. The fraction of sp³-hybridized carbons (Fsp3) is 0.241. The van der Waals surface area contributed by atoms with Crippen molar-refractivity contribution in [2.24, 2.45) is 0 Å². The summed E-state index contributed by atoms with van der Waals surface area (Å²) in [6, 6.07) is 21.2. The van der Waals surface area contributed by atoms with Crippen molar-refractivity contribution in [2.45, 2.75) is 38.2 Å². The third-order valence-electron chi connectivity index (χ3n) is 6.78. The van der Waals surface area contributed by atoms with Crippen molar-refractivity contribution >= 4 is 17.9 Å². The number of carbonyl (C=O) groups is 2. The Labute approximate surface area is 215 Å². The SMILES string of the molecule is COC(=O)C1(c2ccc(-c3ccc(-n4ncc(C)c4NC(=O)O[C@H](C)c4ccccc4)cn3)cc2)CC1. The van der Waals surface area contributed by atoms with Gasteiger partial charge in [-0.2, -0.15) is 5.10 Å². The zero-order valence-electron chi connectivity index (χ0n) is 21.0. The van der Waals surface area contributed by atoms with Gasteiger partial charge in [0.1, 0.15) is 11.9 Å². The maximum Gasteiger partial charge on any atom is 0.413 e. The van der Waals surface area contributed by atoms with Gasteiger partial charge in [-0.25, -0.2) is 9.48 Å². The fourth-order valence-electron chi connectivity index (χ4n) is 4.43. The number of rotatable bonds is 7. The number of ether oxygens (including phenoxy) is 2. The first kappa shape index (κ1) is 24.2. The van der Waals surface area contributed by atoms with Crippen LogP contribution in [-0.2, 0) is 19.7 Å². The number of anilines is 1. The van der Waals surface area contributed by atoms with Crippen molar-refractivity contribution in [2.75, 3.05) is 12.4 Å². The maximum atomic E-state index is 12.6. The number of esters is 1. The summed E-state index contributed by atoms with van der Waals surface area (Å²) in [4.78, 5) is 29.4. The molecule has 0 saturated heterocycles. The highest BCUT2D eigenvalue weighted by atomic mass is 16.6. The Morgan fingerprint density at radius 1 is 1.00 bits per heavy atom. The summed E-state index contributed by atoms with van der Waals surface area (Å²) in [6.45, 7) is 3.69. The minimum atomic E-state index is -0.564. The Kier molecular flexibility index (Phi) is 6.48. The summed E-state index contributed by atoms with van der Waals surface area (Å²) < 4.78 is 12.2. The fourth-order valence-corrected chi connectivity index (χ4v) is 4.43.